The number of hydrogen-bond donors (Lipinski definition) is 1. The molecule has 1 heterocycles. The molecule has 0 bridgehead atoms. The monoisotopic (exact) mass is 260 g/mol. The Morgan fingerprint density at radius 3 is 2.42 bits per heavy atom. The van der Waals surface area contributed by atoms with Gasteiger partial charge in [0.1, 0.15) is 0 Å². The summed E-state index contributed by atoms with van der Waals surface area (Å²) in [5.74, 6) is 0.242. The Balaban J connectivity index is 1.81. The Morgan fingerprint density at radius 2 is 1.79 bits per heavy atom. The van der Waals surface area contributed by atoms with Crippen LogP contribution in [0.5, 0.6) is 0 Å². The minimum Gasteiger partial charge on any atom is -0.342 e. The number of amides is 1. The topological polar surface area (TPSA) is 32.3 Å². The summed E-state index contributed by atoms with van der Waals surface area (Å²) in [6.07, 6.45) is 3.57. The largest absolute Gasteiger partial charge is 0.342 e. The van der Waals surface area contributed by atoms with Gasteiger partial charge in [0, 0.05) is 19.6 Å². The van der Waals surface area contributed by atoms with E-state index in [2.05, 4.69) is 37.4 Å². The van der Waals surface area contributed by atoms with Crippen molar-refractivity contribution in [3.8, 4) is 0 Å². The molecule has 1 N–H and O–H groups in total. The average molecular weight is 260 g/mol. The van der Waals surface area contributed by atoms with E-state index in [1.54, 1.807) is 0 Å². The van der Waals surface area contributed by atoms with Gasteiger partial charge < -0.3 is 10.2 Å². The van der Waals surface area contributed by atoms with Crippen LogP contribution in [-0.2, 0) is 11.3 Å². The first-order valence-electron chi connectivity index (χ1n) is 7.22. The summed E-state index contributed by atoms with van der Waals surface area (Å²) in [5.41, 5.74) is 3.89. The number of rotatable bonds is 4. The third-order valence-electron chi connectivity index (χ3n) is 3.93. The van der Waals surface area contributed by atoms with E-state index >= 15 is 0 Å². The lowest BCUT2D eigenvalue weighted by Gasteiger charge is -2.26. The van der Waals surface area contributed by atoms with Crippen molar-refractivity contribution in [3.63, 3.8) is 0 Å². The minimum absolute atomic E-state index is 0.242. The summed E-state index contributed by atoms with van der Waals surface area (Å²) in [6.45, 7) is 7.34. The quantitative estimate of drug-likeness (QED) is 0.901. The maximum Gasteiger partial charge on any atom is 0.236 e. The Labute approximate surface area is 116 Å². The van der Waals surface area contributed by atoms with Crippen LogP contribution in [-0.4, -0.2) is 30.4 Å². The summed E-state index contributed by atoms with van der Waals surface area (Å²) in [5, 5.41) is 3.29. The molecule has 0 radical (unpaired) electrons. The van der Waals surface area contributed by atoms with Crippen LogP contribution in [0.2, 0.25) is 0 Å². The first kappa shape index (κ1) is 14.1. The second-order valence-electron chi connectivity index (χ2n) is 5.42. The van der Waals surface area contributed by atoms with E-state index in [9.17, 15) is 4.79 Å². The Bertz CT molecular complexity index is 416. The highest BCUT2D eigenvalue weighted by atomic mass is 16.2. The molecule has 1 aliphatic heterocycles. The Hall–Kier alpha value is -1.35. The molecule has 0 aromatic heterocycles. The van der Waals surface area contributed by atoms with Gasteiger partial charge in [0.15, 0.2) is 0 Å². The number of carbonyl (C=O) groups excluding carboxylic acids is 1. The number of hydrogen-bond acceptors (Lipinski definition) is 2. The fourth-order valence-corrected chi connectivity index (χ4v) is 2.68. The van der Waals surface area contributed by atoms with Gasteiger partial charge in [0.25, 0.3) is 0 Å². The molecule has 0 atom stereocenters. The van der Waals surface area contributed by atoms with E-state index < -0.39 is 0 Å². The number of likely N-dealkylation sites (tertiary alicyclic amines) is 1. The summed E-state index contributed by atoms with van der Waals surface area (Å²) >= 11 is 0. The van der Waals surface area contributed by atoms with Gasteiger partial charge in [-0.1, -0.05) is 18.2 Å². The lowest BCUT2D eigenvalue weighted by Crippen LogP contribution is -2.41. The SMILES string of the molecule is Cc1cccc(C)c1CNCC(=O)N1CCCCC1. The van der Waals surface area contributed by atoms with Gasteiger partial charge in [-0.15, -0.1) is 0 Å². The molecule has 3 nitrogen and oxygen atoms in total. The van der Waals surface area contributed by atoms with Gasteiger partial charge in [-0.05, 0) is 49.8 Å². The van der Waals surface area contributed by atoms with E-state index in [4.69, 9.17) is 0 Å². The molecule has 19 heavy (non-hydrogen) atoms. The van der Waals surface area contributed by atoms with Crippen LogP contribution in [0.25, 0.3) is 0 Å². The normalized spacial score (nSPS) is 15.6. The first-order chi connectivity index (χ1) is 9.18. The highest BCUT2D eigenvalue weighted by Crippen LogP contribution is 2.13. The Morgan fingerprint density at radius 1 is 1.16 bits per heavy atom. The number of nitrogens with one attached hydrogen (secondary N) is 1. The van der Waals surface area contributed by atoms with Gasteiger partial charge >= 0.3 is 0 Å². The van der Waals surface area contributed by atoms with E-state index in [1.807, 2.05) is 4.90 Å². The lowest BCUT2D eigenvalue weighted by molar-refractivity contribution is -0.131. The standard InChI is InChI=1S/C16H24N2O/c1-13-7-6-8-14(2)15(13)11-17-12-16(19)18-9-4-3-5-10-18/h6-8,17H,3-5,9-12H2,1-2H3. The van der Waals surface area contributed by atoms with Gasteiger partial charge in [-0.3, -0.25) is 4.79 Å². The van der Waals surface area contributed by atoms with E-state index in [0.717, 1.165) is 32.5 Å². The van der Waals surface area contributed by atoms with Crippen molar-refractivity contribution in [3.05, 3.63) is 34.9 Å². The highest BCUT2D eigenvalue weighted by Gasteiger charge is 2.15. The van der Waals surface area contributed by atoms with Crippen molar-refractivity contribution < 1.29 is 4.79 Å². The number of carbonyl (C=O) groups is 1. The van der Waals surface area contributed by atoms with Crippen LogP contribution in [0, 0.1) is 13.8 Å². The third-order valence-corrected chi connectivity index (χ3v) is 3.93. The van der Waals surface area contributed by atoms with Crippen molar-refractivity contribution >= 4 is 5.91 Å². The molecule has 0 spiro atoms. The summed E-state index contributed by atoms with van der Waals surface area (Å²) in [7, 11) is 0. The fraction of sp³-hybridized carbons (Fsp3) is 0.562. The molecule has 0 unspecified atom stereocenters. The highest BCUT2D eigenvalue weighted by molar-refractivity contribution is 5.78. The van der Waals surface area contributed by atoms with E-state index in [0.29, 0.717) is 6.54 Å². The summed E-state index contributed by atoms with van der Waals surface area (Å²) in [6, 6.07) is 6.32. The molecule has 0 saturated carbocycles. The summed E-state index contributed by atoms with van der Waals surface area (Å²) in [4.78, 5) is 14.0. The van der Waals surface area contributed by atoms with Crippen molar-refractivity contribution in [2.45, 2.75) is 39.7 Å². The van der Waals surface area contributed by atoms with Gasteiger partial charge in [-0.25, -0.2) is 0 Å². The van der Waals surface area contributed by atoms with Crippen molar-refractivity contribution in [2.24, 2.45) is 0 Å². The third kappa shape index (κ3) is 3.80. The molecule has 1 saturated heterocycles. The van der Waals surface area contributed by atoms with E-state index in [-0.39, 0.29) is 5.91 Å². The van der Waals surface area contributed by atoms with Gasteiger partial charge in [0.05, 0.1) is 6.54 Å². The van der Waals surface area contributed by atoms with Gasteiger partial charge in [-0.2, -0.15) is 0 Å². The van der Waals surface area contributed by atoms with Crippen LogP contribution in [0.15, 0.2) is 18.2 Å². The maximum atomic E-state index is 12.0. The molecule has 0 aliphatic carbocycles. The Kier molecular flexibility index (Phi) is 4.97. The predicted octanol–water partition coefficient (Wildman–Crippen LogP) is 2.41. The average Bonchev–Trinajstić information content (AvgIpc) is 2.43. The van der Waals surface area contributed by atoms with Crippen molar-refractivity contribution in [2.75, 3.05) is 19.6 Å². The molecule has 1 aromatic rings. The predicted molar refractivity (Wildman–Crippen MR) is 78.1 cm³/mol. The number of aryl methyl sites for hydroxylation is 2. The molecule has 1 amide bonds. The van der Waals surface area contributed by atoms with Crippen molar-refractivity contribution in [1.82, 2.24) is 10.2 Å². The van der Waals surface area contributed by atoms with Crippen LogP contribution in [0.1, 0.15) is 36.0 Å². The molecule has 1 fully saturated rings. The zero-order valence-corrected chi connectivity index (χ0v) is 12.0. The smallest absolute Gasteiger partial charge is 0.236 e. The first-order valence-corrected chi connectivity index (χ1v) is 7.22. The van der Waals surface area contributed by atoms with Crippen LogP contribution in [0.4, 0.5) is 0 Å². The second kappa shape index (κ2) is 6.71. The molecule has 1 aliphatic rings. The van der Waals surface area contributed by atoms with Crippen LogP contribution in [0.3, 0.4) is 0 Å². The van der Waals surface area contributed by atoms with Gasteiger partial charge in [0.2, 0.25) is 5.91 Å². The zero-order valence-electron chi connectivity index (χ0n) is 12.0. The van der Waals surface area contributed by atoms with E-state index in [1.165, 1.54) is 23.1 Å². The molecule has 3 heteroatoms. The number of nitrogens with zero attached hydrogens (tertiary/aromatic N) is 1. The van der Waals surface area contributed by atoms with Crippen LogP contribution < -0.4 is 5.32 Å². The molecule has 2 rings (SSSR count). The number of piperidine rings is 1. The molecular weight excluding hydrogens is 236 g/mol. The lowest BCUT2D eigenvalue weighted by atomic mass is 10.0. The molecule has 1 aromatic carbocycles. The number of benzene rings is 1. The zero-order chi connectivity index (χ0) is 13.7. The summed E-state index contributed by atoms with van der Waals surface area (Å²) < 4.78 is 0. The minimum atomic E-state index is 0.242. The molecule has 104 valence electrons. The van der Waals surface area contributed by atoms with Crippen molar-refractivity contribution in [1.29, 1.82) is 0 Å². The fourth-order valence-electron chi connectivity index (χ4n) is 2.68. The van der Waals surface area contributed by atoms with Crippen LogP contribution >= 0.6 is 0 Å². The molecular formula is C16H24N2O. The maximum absolute atomic E-state index is 12.0. The second-order valence-corrected chi connectivity index (χ2v) is 5.42.